The van der Waals surface area contributed by atoms with Crippen LogP contribution in [0.3, 0.4) is 0 Å². The van der Waals surface area contributed by atoms with Gasteiger partial charge in [-0.1, -0.05) is 23.2 Å². The zero-order valence-electron chi connectivity index (χ0n) is 14.9. The van der Waals surface area contributed by atoms with Crippen molar-refractivity contribution >= 4 is 45.0 Å². The highest BCUT2D eigenvalue weighted by Gasteiger charge is 2.23. The lowest BCUT2D eigenvalue weighted by molar-refractivity contribution is -0.121. The normalized spacial score (nSPS) is 11.2. The smallest absolute Gasteiger partial charge is 0.273 e. The molecular weight excluding hydrogens is 429 g/mol. The summed E-state index contributed by atoms with van der Waals surface area (Å²) in [5.41, 5.74) is 4.45. The molecule has 0 radical (unpaired) electrons. The van der Waals surface area contributed by atoms with Crippen LogP contribution in [0.25, 0.3) is 0 Å². The molecule has 150 valence electrons. The second-order valence-electron chi connectivity index (χ2n) is 5.56. The zero-order chi connectivity index (χ0) is 20.9. The fourth-order valence-corrected chi connectivity index (χ4v) is 3.59. The number of nitrogens with one attached hydrogen (secondary N) is 2. The third kappa shape index (κ3) is 5.35. The van der Waals surface area contributed by atoms with Gasteiger partial charge in [0.2, 0.25) is 10.0 Å². The molecule has 2 aromatic rings. The van der Waals surface area contributed by atoms with Gasteiger partial charge in [0.05, 0.1) is 24.1 Å². The first-order chi connectivity index (χ1) is 13.1. The van der Waals surface area contributed by atoms with Crippen LogP contribution in [0.5, 0.6) is 5.75 Å². The number of rotatable bonds is 6. The molecule has 0 bridgehead atoms. The minimum absolute atomic E-state index is 0.0140. The molecule has 2 aromatic carbocycles. The van der Waals surface area contributed by atoms with Crippen molar-refractivity contribution in [3.05, 3.63) is 58.1 Å². The molecule has 0 saturated heterocycles. The van der Waals surface area contributed by atoms with Crippen LogP contribution in [0.4, 0.5) is 0 Å². The number of likely N-dealkylation sites (N-methyl/N-ethyl adjacent to an activating group) is 1. The maximum absolute atomic E-state index is 12.4. The summed E-state index contributed by atoms with van der Waals surface area (Å²) in [6.45, 7) is -0.516. The lowest BCUT2D eigenvalue weighted by Gasteiger charge is -2.17. The Hall–Kier alpha value is -2.33. The van der Waals surface area contributed by atoms with Crippen LogP contribution in [0, 0.1) is 0 Å². The average Bonchev–Trinajstić information content (AvgIpc) is 2.66. The number of hydrogen-bond donors (Lipinski definition) is 2. The zero-order valence-corrected chi connectivity index (χ0v) is 17.2. The molecular formula is C17H17Cl2N3O5S. The summed E-state index contributed by atoms with van der Waals surface area (Å²) in [7, 11) is -1.27. The molecule has 2 rings (SSSR count). The quantitative estimate of drug-likeness (QED) is 0.662. The number of benzene rings is 2. The maximum Gasteiger partial charge on any atom is 0.273 e. The standard InChI is InChI=1S/C17H17Cl2N3O5S/c1-22(28(25,26)13-6-3-11(18)4-7-13)10-16(23)20-21-17(24)14-9-12(19)5-8-15(14)27-2/h3-9H,10H2,1-2H3,(H,20,23)(H,21,24). The molecule has 2 N–H and O–H groups in total. The minimum atomic E-state index is -3.89. The highest BCUT2D eigenvalue weighted by Crippen LogP contribution is 2.22. The van der Waals surface area contributed by atoms with E-state index in [0.29, 0.717) is 10.0 Å². The predicted octanol–water partition coefficient (Wildman–Crippen LogP) is 2.08. The van der Waals surface area contributed by atoms with E-state index in [4.69, 9.17) is 27.9 Å². The van der Waals surface area contributed by atoms with Crippen LogP contribution in [-0.2, 0) is 14.8 Å². The van der Waals surface area contributed by atoms with E-state index >= 15 is 0 Å². The fraction of sp³-hybridized carbons (Fsp3) is 0.176. The largest absolute Gasteiger partial charge is 0.496 e. The molecule has 0 spiro atoms. The van der Waals surface area contributed by atoms with Crippen molar-refractivity contribution in [1.82, 2.24) is 15.2 Å². The summed E-state index contributed by atoms with van der Waals surface area (Å²) in [5.74, 6) is -1.15. The second-order valence-corrected chi connectivity index (χ2v) is 8.48. The first-order valence-electron chi connectivity index (χ1n) is 7.80. The molecule has 0 aromatic heterocycles. The van der Waals surface area contributed by atoms with Gasteiger partial charge < -0.3 is 4.74 Å². The third-order valence-electron chi connectivity index (χ3n) is 3.61. The van der Waals surface area contributed by atoms with E-state index in [9.17, 15) is 18.0 Å². The number of hydrazine groups is 1. The Morgan fingerprint density at radius 2 is 1.64 bits per heavy atom. The molecule has 0 aliphatic heterocycles. The van der Waals surface area contributed by atoms with Gasteiger partial charge in [-0.15, -0.1) is 0 Å². The number of hydrogen-bond acceptors (Lipinski definition) is 5. The summed E-state index contributed by atoms with van der Waals surface area (Å²) < 4.78 is 30.8. The van der Waals surface area contributed by atoms with Crippen molar-refractivity contribution < 1.29 is 22.7 Å². The van der Waals surface area contributed by atoms with Crippen molar-refractivity contribution in [2.75, 3.05) is 20.7 Å². The van der Waals surface area contributed by atoms with Gasteiger partial charge in [-0.25, -0.2) is 8.42 Å². The van der Waals surface area contributed by atoms with Crippen molar-refractivity contribution in [3.8, 4) is 5.75 Å². The average molecular weight is 446 g/mol. The molecule has 2 amide bonds. The first-order valence-corrected chi connectivity index (χ1v) is 9.99. The number of amides is 2. The Morgan fingerprint density at radius 1 is 1.04 bits per heavy atom. The van der Waals surface area contributed by atoms with Crippen LogP contribution in [-0.4, -0.2) is 45.2 Å². The molecule has 0 heterocycles. The summed E-state index contributed by atoms with van der Waals surface area (Å²) in [4.78, 5) is 24.2. The molecule has 28 heavy (non-hydrogen) atoms. The number of carbonyl (C=O) groups is 2. The number of nitrogens with zero attached hydrogens (tertiary/aromatic N) is 1. The number of sulfonamides is 1. The summed E-state index contributed by atoms with van der Waals surface area (Å²) in [6.07, 6.45) is 0. The summed E-state index contributed by atoms with van der Waals surface area (Å²) in [5, 5.41) is 0.699. The van der Waals surface area contributed by atoms with E-state index in [0.717, 1.165) is 4.31 Å². The van der Waals surface area contributed by atoms with E-state index < -0.39 is 28.4 Å². The van der Waals surface area contributed by atoms with E-state index in [1.54, 1.807) is 6.07 Å². The van der Waals surface area contributed by atoms with E-state index in [1.807, 2.05) is 0 Å². The molecule has 0 aliphatic rings. The summed E-state index contributed by atoms with van der Waals surface area (Å²) >= 11 is 11.6. The van der Waals surface area contributed by atoms with E-state index in [-0.39, 0.29) is 16.2 Å². The van der Waals surface area contributed by atoms with Crippen LogP contribution >= 0.6 is 23.2 Å². The van der Waals surface area contributed by atoms with Gasteiger partial charge in [0, 0.05) is 17.1 Å². The minimum Gasteiger partial charge on any atom is -0.496 e. The molecule has 11 heteroatoms. The van der Waals surface area contributed by atoms with Gasteiger partial charge in [-0.2, -0.15) is 4.31 Å². The lowest BCUT2D eigenvalue weighted by Crippen LogP contribution is -2.46. The van der Waals surface area contributed by atoms with Crippen molar-refractivity contribution in [2.45, 2.75) is 4.90 Å². The van der Waals surface area contributed by atoms with Gasteiger partial charge in [-0.3, -0.25) is 20.4 Å². The molecule has 0 atom stereocenters. The Balaban J connectivity index is 1.99. The van der Waals surface area contributed by atoms with Crippen LogP contribution < -0.4 is 15.6 Å². The SMILES string of the molecule is COc1ccc(Cl)cc1C(=O)NNC(=O)CN(C)S(=O)(=O)c1ccc(Cl)cc1. The third-order valence-corrected chi connectivity index (χ3v) is 5.91. The molecule has 0 fully saturated rings. The highest BCUT2D eigenvalue weighted by molar-refractivity contribution is 7.89. The Bertz CT molecular complexity index is 981. The summed E-state index contributed by atoms with van der Waals surface area (Å²) in [6, 6.07) is 9.96. The number of carbonyl (C=O) groups excluding carboxylic acids is 2. The van der Waals surface area contributed by atoms with Gasteiger partial charge in [-0.05, 0) is 42.5 Å². The monoisotopic (exact) mass is 445 g/mol. The number of halogens is 2. The van der Waals surface area contributed by atoms with Crippen LogP contribution in [0.15, 0.2) is 47.4 Å². The van der Waals surface area contributed by atoms with Crippen molar-refractivity contribution in [1.29, 1.82) is 0 Å². The maximum atomic E-state index is 12.4. The van der Waals surface area contributed by atoms with Gasteiger partial charge in [0.15, 0.2) is 0 Å². The first kappa shape index (κ1) is 22.0. The number of ether oxygens (including phenoxy) is 1. The second kappa shape index (κ2) is 9.24. The predicted molar refractivity (Wildman–Crippen MR) is 105 cm³/mol. The van der Waals surface area contributed by atoms with Crippen molar-refractivity contribution in [3.63, 3.8) is 0 Å². The topological polar surface area (TPSA) is 105 Å². The molecule has 0 aliphatic carbocycles. The van der Waals surface area contributed by atoms with E-state index in [2.05, 4.69) is 10.9 Å². The van der Waals surface area contributed by atoms with E-state index in [1.165, 1.54) is 50.6 Å². The Morgan fingerprint density at radius 3 is 2.25 bits per heavy atom. The molecule has 0 unspecified atom stereocenters. The highest BCUT2D eigenvalue weighted by atomic mass is 35.5. The molecule has 0 saturated carbocycles. The van der Waals surface area contributed by atoms with Gasteiger partial charge in [0.1, 0.15) is 5.75 Å². The lowest BCUT2D eigenvalue weighted by atomic mass is 10.2. The Labute approximate surface area is 172 Å². The van der Waals surface area contributed by atoms with Crippen molar-refractivity contribution in [2.24, 2.45) is 0 Å². The van der Waals surface area contributed by atoms with Gasteiger partial charge >= 0.3 is 0 Å². The Kier molecular flexibility index (Phi) is 7.25. The van der Waals surface area contributed by atoms with Gasteiger partial charge in [0.25, 0.3) is 11.8 Å². The van der Waals surface area contributed by atoms with Crippen LogP contribution in [0.2, 0.25) is 10.0 Å². The fourth-order valence-electron chi connectivity index (χ4n) is 2.16. The number of methoxy groups -OCH3 is 1. The molecule has 8 nitrogen and oxygen atoms in total. The van der Waals surface area contributed by atoms with Crippen LogP contribution in [0.1, 0.15) is 10.4 Å².